The second-order valence-corrected chi connectivity index (χ2v) is 5.22. The normalized spacial score (nSPS) is 19.5. The molecule has 0 atom stereocenters. The number of anilines is 1. The van der Waals surface area contributed by atoms with Gasteiger partial charge >= 0.3 is 0 Å². The Kier molecular flexibility index (Phi) is 3.23. The van der Waals surface area contributed by atoms with E-state index < -0.39 is 0 Å². The number of aryl methyl sites for hydroxylation is 1. The average molecular weight is 231 g/mol. The van der Waals surface area contributed by atoms with Crippen molar-refractivity contribution in [1.82, 2.24) is 0 Å². The molecule has 2 nitrogen and oxygen atoms in total. The van der Waals surface area contributed by atoms with E-state index >= 15 is 0 Å². The van der Waals surface area contributed by atoms with Gasteiger partial charge in [-0.2, -0.15) is 0 Å². The molecule has 92 valence electrons. The lowest BCUT2D eigenvalue weighted by Gasteiger charge is -2.43. The van der Waals surface area contributed by atoms with E-state index in [1.807, 2.05) is 13.8 Å². The number of benzene rings is 1. The predicted octanol–water partition coefficient (Wildman–Crippen LogP) is 3.20. The summed E-state index contributed by atoms with van der Waals surface area (Å²) in [6.45, 7) is 7.23. The van der Waals surface area contributed by atoms with Gasteiger partial charge in [-0.15, -0.1) is 0 Å². The van der Waals surface area contributed by atoms with Gasteiger partial charge in [-0.25, -0.2) is 0 Å². The van der Waals surface area contributed by atoms with Crippen LogP contribution in [0.2, 0.25) is 0 Å². The van der Waals surface area contributed by atoms with Gasteiger partial charge in [-0.1, -0.05) is 25.1 Å². The second-order valence-electron chi connectivity index (χ2n) is 5.22. The van der Waals surface area contributed by atoms with E-state index in [1.54, 1.807) is 0 Å². The number of piperidine rings is 1. The molecule has 0 amide bonds. The van der Waals surface area contributed by atoms with Crippen molar-refractivity contribution in [2.75, 3.05) is 11.4 Å². The highest BCUT2D eigenvalue weighted by Crippen LogP contribution is 2.32. The molecule has 0 saturated carbocycles. The first kappa shape index (κ1) is 12.2. The third kappa shape index (κ3) is 2.08. The van der Waals surface area contributed by atoms with Crippen molar-refractivity contribution in [3.63, 3.8) is 0 Å². The van der Waals surface area contributed by atoms with Crippen molar-refractivity contribution in [1.29, 1.82) is 0 Å². The number of para-hydroxylation sites is 1. The summed E-state index contributed by atoms with van der Waals surface area (Å²) in [4.78, 5) is 14.3. The monoisotopic (exact) mass is 231 g/mol. The summed E-state index contributed by atoms with van der Waals surface area (Å²) in [6.07, 6.45) is 2.70. The van der Waals surface area contributed by atoms with Gasteiger partial charge in [0.05, 0.1) is 5.54 Å². The molecule has 2 rings (SSSR count). The van der Waals surface area contributed by atoms with E-state index in [0.29, 0.717) is 5.78 Å². The van der Waals surface area contributed by atoms with Crippen molar-refractivity contribution < 1.29 is 4.79 Å². The van der Waals surface area contributed by atoms with Crippen LogP contribution < -0.4 is 4.90 Å². The number of hydrogen-bond donors (Lipinski definition) is 0. The molecular weight excluding hydrogens is 210 g/mol. The minimum atomic E-state index is -0.358. The fourth-order valence-electron chi connectivity index (χ4n) is 2.63. The fourth-order valence-corrected chi connectivity index (χ4v) is 2.63. The van der Waals surface area contributed by atoms with Crippen LogP contribution in [0.3, 0.4) is 0 Å². The topological polar surface area (TPSA) is 20.3 Å². The van der Waals surface area contributed by atoms with Crippen molar-refractivity contribution in [2.24, 2.45) is 0 Å². The first-order valence-corrected chi connectivity index (χ1v) is 6.46. The van der Waals surface area contributed by atoms with E-state index in [1.165, 1.54) is 11.3 Å². The number of rotatable bonds is 2. The Bertz CT molecular complexity index is 423. The summed E-state index contributed by atoms with van der Waals surface area (Å²) >= 11 is 0. The summed E-state index contributed by atoms with van der Waals surface area (Å²) in [5.41, 5.74) is 2.20. The predicted molar refractivity (Wildman–Crippen MR) is 71.5 cm³/mol. The third-order valence-electron chi connectivity index (χ3n) is 3.81. The fraction of sp³-hybridized carbons (Fsp3) is 0.533. The summed E-state index contributed by atoms with van der Waals surface area (Å²) in [6, 6.07) is 8.43. The molecular formula is C15H21NO. The van der Waals surface area contributed by atoms with Gasteiger partial charge in [0.1, 0.15) is 0 Å². The van der Waals surface area contributed by atoms with Gasteiger partial charge in [0.25, 0.3) is 0 Å². The van der Waals surface area contributed by atoms with Crippen LogP contribution in [-0.4, -0.2) is 17.9 Å². The quantitative estimate of drug-likeness (QED) is 0.779. The van der Waals surface area contributed by atoms with Crippen molar-refractivity contribution in [2.45, 2.75) is 45.6 Å². The first-order chi connectivity index (χ1) is 8.07. The van der Waals surface area contributed by atoms with Crippen molar-refractivity contribution >= 4 is 11.5 Å². The highest BCUT2D eigenvalue weighted by Gasteiger charge is 2.37. The summed E-state index contributed by atoms with van der Waals surface area (Å²) in [7, 11) is 0. The number of carbonyl (C=O) groups excluding carboxylic acids is 1. The Morgan fingerprint density at radius 3 is 2.71 bits per heavy atom. The van der Waals surface area contributed by atoms with E-state index in [0.717, 1.165) is 25.8 Å². The molecule has 1 aromatic rings. The van der Waals surface area contributed by atoms with E-state index in [9.17, 15) is 4.79 Å². The zero-order chi connectivity index (χ0) is 12.5. The molecule has 0 aromatic heterocycles. The van der Waals surface area contributed by atoms with Crippen LogP contribution in [0.1, 0.15) is 39.2 Å². The zero-order valence-corrected chi connectivity index (χ0v) is 11.0. The number of carbonyl (C=O) groups is 1. The Balaban J connectivity index is 2.41. The van der Waals surface area contributed by atoms with Crippen LogP contribution in [0.4, 0.5) is 5.69 Å². The standard InChI is InChI=1S/C15H21NO/c1-4-12-8-5-6-9-13(12)16-11-7-10-14(17)15(16,2)3/h5-6,8-9H,4,7,10-11H2,1-3H3. The minimum absolute atomic E-state index is 0.356. The smallest absolute Gasteiger partial charge is 0.157 e. The molecule has 1 aliphatic heterocycles. The van der Waals surface area contributed by atoms with E-state index in [2.05, 4.69) is 36.1 Å². The number of nitrogens with zero attached hydrogens (tertiary/aromatic N) is 1. The van der Waals surface area contributed by atoms with Crippen LogP contribution in [0.5, 0.6) is 0 Å². The highest BCUT2D eigenvalue weighted by atomic mass is 16.1. The Morgan fingerprint density at radius 2 is 2.00 bits per heavy atom. The lowest BCUT2D eigenvalue weighted by atomic mass is 9.87. The van der Waals surface area contributed by atoms with Gasteiger partial charge in [-0.05, 0) is 38.3 Å². The van der Waals surface area contributed by atoms with Crippen LogP contribution >= 0.6 is 0 Å². The maximum atomic E-state index is 12.1. The molecule has 0 N–H and O–H groups in total. The molecule has 17 heavy (non-hydrogen) atoms. The van der Waals surface area contributed by atoms with Gasteiger partial charge in [-0.3, -0.25) is 4.79 Å². The van der Waals surface area contributed by atoms with Gasteiger partial charge in [0, 0.05) is 18.7 Å². The Morgan fingerprint density at radius 1 is 1.29 bits per heavy atom. The van der Waals surface area contributed by atoms with Crippen LogP contribution in [0.15, 0.2) is 24.3 Å². The number of hydrogen-bond acceptors (Lipinski definition) is 2. The maximum absolute atomic E-state index is 12.1. The molecule has 1 aliphatic rings. The summed E-state index contributed by atoms with van der Waals surface area (Å²) in [5.74, 6) is 0.356. The van der Waals surface area contributed by atoms with Crippen LogP contribution in [0.25, 0.3) is 0 Å². The molecule has 1 saturated heterocycles. The largest absolute Gasteiger partial charge is 0.359 e. The van der Waals surface area contributed by atoms with Crippen molar-refractivity contribution in [3.8, 4) is 0 Å². The van der Waals surface area contributed by atoms with E-state index in [-0.39, 0.29) is 5.54 Å². The summed E-state index contributed by atoms with van der Waals surface area (Å²) < 4.78 is 0. The molecule has 0 spiro atoms. The van der Waals surface area contributed by atoms with Crippen LogP contribution in [0, 0.1) is 0 Å². The molecule has 2 heteroatoms. The molecule has 0 radical (unpaired) electrons. The zero-order valence-electron chi connectivity index (χ0n) is 11.0. The molecule has 1 aromatic carbocycles. The SMILES string of the molecule is CCc1ccccc1N1CCCC(=O)C1(C)C. The lowest BCUT2D eigenvalue weighted by molar-refractivity contribution is -0.124. The maximum Gasteiger partial charge on any atom is 0.157 e. The van der Waals surface area contributed by atoms with E-state index in [4.69, 9.17) is 0 Å². The second kappa shape index (κ2) is 4.52. The van der Waals surface area contributed by atoms with Gasteiger partial charge < -0.3 is 4.90 Å². The lowest BCUT2D eigenvalue weighted by Crippen LogP contribution is -2.54. The summed E-state index contributed by atoms with van der Waals surface area (Å²) in [5, 5.41) is 0. The average Bonchev–Trinajstić information content (AvgIpc) is 2.33. The minimum Gasteiger partial charge on any atom is -0.359 e. The van der Waals surface area contributed by atoms with Gasteiger partial charge in [0.15, 0.2) is 5.78 Å². The molecule has 1 heterocycles. The molecule has 0 aliphatic carbocycles. The number of ketones is 1. The molecule has 1 fully saturated rings. The Labute approximate surface area is 104 Å². The number of Topliss-reactive ketones (excluding diaryl/α,β-unsaturated/α-hetero) is 1. The van der Waals surface area contributed by atoms with Crippen molar-refractivity contribution in [3.05, 3.63) is 29.8 Å². The molecule has 0 bridgehead atoms. The first-order valence-electron chi connectivity index (χ1n) is 6.46. The molecule has 0 unspecified atom stereocenters. The Hall–Kier alpha value is -1.31. The third-order valence-corrected chi connectivity index (χ3v) is 3.81. The van der Waals surface area contributed by atoms with Gasteiger partial charge in [0.2, 0.25) is 0 Å². The highest BCUT2D eigenvalue weighted by molar-refractivity contribution is 5.92. The van der Waals surface area contributed by atoms with Crippen LogP contribution in [-0.2, 0) is 11.2 Å².